The number of nitrogens with zero attached hydrogens (tertiary/aromatic N) is 1. The smallest absolute Gasteiger partial charge is 0.335 e. The van der Waals surface area contributed by atoms with Gasteiger partial charge in [-0.2, -0.15) is 0 Å². The van der Waals surface area contributed by atoms with Gasteiger partial charge >= 0.3 is 5.97 Å². The summed E-state index contributed by atoms with van der Waals surface area (Å²) >= 11 is 0. The fraction of sp³-hybridized carbons (Fsp3) is 0.333. The number of benzene rings is 2. The standard InChI is InChI=1S/C21H22N2O3/c1-13-14(5-4-8-16(13)21(25)26)10-23-11-15-9-22-20(24)18-7-3-2-6-17(18)19(15)12-23/h2-8,15,19H,9-12H2,1H3,(H,22,24)(H,25,26). The predicted octanol–water partition coefficient (Wildman–Crippen LogP) is 2.65. The van der Waals surface area contributed by atoms with Crippen molar-refractivity contribution in [3.05, 3.63) is 70.3 Å². The molecule has 1 saturated heterocycles. The Bertz CT molecular complexity index is 877. The first-order valence-corrected chi connectivity index (χ1v) is 8.96. The highest BCUT2D eigenvalue weighted by molar-refractivity contribution is 5.96. The number of aromatic carboxylic acids is 1. The molecule has 2 N–H and O–H groups in total. The van der Waals surface area contributed by atoms with Crippen LogP contribution in [0.5, 0.6) is 0 Å². The van der Waals surface area contributed by atoms with Crippen molar-refractivity contribution in [3.8, 4) is 0 Å². The quantitative estimate of drug-likeness (QED) is 0.893. The third-order valence-corrected chi connectivity index (χ3v) is 5.72. The summed E-state index contributed by atoms with van der Waals surface area (Å²) in [6, 6.07) is 13.3. The van der Waals surface area contributed by atoms with E-state index < -0.39 is 5.97 Å². The Hall–Kier alpha value is -2.66. The van der Waals surface area contributed by atoms with E-state index in [4.69, 9.17) is 0 Å². The molecule has 5 nitrogen and oxygen atoms in total. The topological polar surface area (TPSA) is 69.6 Å². The molecular weight excluding hydrogens is 328 g/mol. The highest BCUT2D eigenvalue weighted by atomic mass is 16.4. The van der Waals surface area contributed by atoms with E-state index in [1.54, 1.807) is 6.07 Å². The largest absolute Gasteiger partial charge is 0.478 e. The number of carboxylic acid groups (broad SMARTS) is 1. The van der Waals surface area contributed by atoms with E-state index in [0.29, 0.717) is 23.9 Å². The van der Waals surface area contributed by atoms with Crippen LogP contribution >= 0.6 is 0 Å². The van der Waals surface area contributed by atoms with Crippen molar-refractivity contribution in [2.45, 2.75) is 19.4 Å². The first-order chi connectivity index (χ1) is 12.5. The molecule has 2 aromatic carbocycles. The zero-order chi connectivity index (χ0) is 18.3. The lowest BCUT2D eigenvalue weighted by Gasteiger charge is -2.19. The Labute approximate surface area is 152 Å². The van der Waals surface area contributed by atoms with Crippen LogP contribution in [-0.4, -0.2) is 41.5 Å². The summed E-state index contributed by atoms with van der Waals surface area (Å²) in [5, 5.41) is 12.4. The number of hydrogen-bond acceptors (Lipinski definition) is 3. The van der Waals surface area contributed by atoms with Crippen LogP contribution in [0.1, 0.15) is 43.3 Å². The zero-order valence-corrected chi connectivity index (χ0v) is 14.7. The summed E-state index contributed by atoms with van der Waals surface area (Å²) < 4.78 is 0. The molecule has 0 bridgehead atoms. The van der Waals surface area contributed by atoms with Crippen LogP contribution in [0.2, 0.25) is 0 Å². The van der Waals surface area contributed by atoms with Crippen LogP contribution in [0.15, 0.2) is 42.5 Å². The summed E-state index contributed by atoms with van der Waals surface area (Å²) in [4.78, 5) is 26.0. The average molecular weight is 350 g/mol. The summed E-state index contributed by atoms with van der Waals surface area (Å²) in [6.07, 6.45) is 0. The molecule has 1 amide bonds. The van der Waals surface area contributed by atoms with Crippen LogP contribution in [0.4, 0.5) is 0 Å². The fourth-order valence-electron chi connectivity index (χ4n) is 4.32. The maximum Gasteiger partial charge on any atom is 0.335 e. The average Bonchev–Trinajstić information content (AvgIpc) is 2.98. The minimum Gasteiger partial charge on any atom is -0.478 e. The van der Waals surface area contributed by atoms with Crippen LogP contribution < -0.4 is 5.32 Å². The number of carboxylic acids is 1. The Balaban J connectivity index is 1.58. The molecule has 0 aromatic heterocycles. The number of nitrogens with one attached hydrogen (secondary N) is 1. The molecule has 0 saturated carbocycles. The van der Waals surface area contributed by atoms with Gasteiger partial charge in [0.15, 0.2) is 0 Å². The number of carbonyl (C=O) groups is 2. The lowest BCUT2D eigenvalue weighted by Crippen LogP contribution is -2.29. The highest BCUT2D eigenvalue weighted by Crippen LogP contribution is 2.36. The molecule has 2 aliphatic rings. The van der Waals surface area contributed by atoms with Crippen molar-refractivity contribution in [2.24, 2.45) is 5.92 Å². The van der Waals surface area contributed by atoms with E-state index in [9.17, 15) is 14.7 Å². The molecule has 0 radical (unpaired) electrons. The first-order valence-electron chi connectivity index (χ1n) is 8.96. The summed E-state index contributed by atoms with van der Waals surface area (Å²) in [6.45, 7) is 5.07. The normalized spacial score (nSPS) is 22.3. The van der Waals surface area contributed by atoms with Crippen molar-refractivity contribution in [2.75, 3.05) is 19.6 Å². The molecular formula is C21H22N2O3. The molecule has 2 aliphatic heterocycles. The monoisotopic (exact) mass is 350 g/mol. The van der Waals surface area contributed by atoms with E-state index in [1.807, 2.05) is 37.3 Å². The maximum absolute atomic E-state index is 12.3. The van der Waals surface area contributed by atoms with Crippen molar-refractivity contribution >= 4 is 11.9 Å². The van der Waals surface area contributed by atoms with Crippen molar-refractivity contribution in [1.82, 2.24) is 10.2 Å². The molecule has 2 heterocycles. The van der Waals surface area contributed by atoms with E-state index in [-0.39, 0.29) is 5.91 Å². The number of fused-ring (bicyclic) bond motifs is 3. The molecule has 0 aliphatic carbocycles. The third kappa shape index (κ3) is 2.88. The Morgan fingerprint density at radius 1 is 1.19 bits per heavy atom. The molecule has 4 rings (SSSR count). The van der Waals surface area contributed by atoms with E-state index in [1.165, 1.54) is 0 Å². The van der Waals surface area contributed by atoms with Crippen molar-refractivity contribution in [1.29, 1.82) is 0 Å². The minimum absolute atomic E-state index is 0.0200. The molecule has 2 aromatic rings. The van der Waals surface area contributed by atoms with Crippen molar-refractivity contribution < 1.29 is 14.7 Å². The Morgan fingerprint density at radius 3 is 2.81 bits per heavy atom. The maximum atomic E-state index is 12.3. The molecule has 2 atom stereocenters. The van der Waals surface area contributed by atoms with Gasteiger partial charge in [0, 0.05) is 37.7 Å². The summed E-state index contributed by atoms with van der Waals surface area (Å²) in [7, 11) is 0. The van der Waals surface area contributed by atoms with Gasteiger partial charge in [0.2, 0.25) is 0 Å². The van der Waals surface area contributed by atoms with Crippen LogP contribution in [0.25, 0.3) is 0 Å². The third-order valence-electron chi connectivity index (χ3n) is 5.72. The van der Waals surface area contributed by atoms with Crippen LogP contribution in [0, 0.1) is 12.8 Å². The second kappa shape index (κ2) is 6.57. The highest BCUT2D eigenvalue weighted by Gasteiger charge is 2.37. The molecule has 1 fully saturated rings. The minimum atomic E-state index is -0.882. The number of amides is 1. The van der Waals surface area contributed by atoms with E-state index in [2.05, 4.69) is 16.3 Å². The number of rotatable bonds is 3. The van der Waals surface area contributed by atoms with Crippen LogP contribution in [0.3, 0.4) is 0 Å². The lowest BCUT2D eigenvalue weighted by molar-refractivity contribution is 0.0695. The second-order valence-corrected chi connectivity index (χ2v) is 7.25. The zero-order valence-electron chi connectivity index (χ0n) is 14.7. The van der Waals surface area contributed by atoms with Gasteiger partial charge in [-0.3, -0.25) is 9.69 Å². The van der Waals surface area contributed by atoms with Gasteiger partial charge in [-0.25, -0.2) is 4.79 Å². The van der Waals surface area contributed by atoms with Crippen molar-refractivity contribution in [3.63, 3.8) is 0 Å². The van der Waals surface area contributed by atoms with Gasteiger partial charge in [0.1, 0.15) is 0 Å². The molecule has 134 valence electrons. The SMILES string of the molecule is Cc1c(CN2CC3CNC(=O)c4ccccc4C3C2)cccc1C(=O)O. The van der Waals surface area contributed by atoms with Gasteiger partial charge in [0.05, 0.1) is 5.56 Å². The van der Waals surface area contributed by atoms with Gasteiger partial charge in [-0.05, 0) is 41.7 Å². The first kappa shape index (κ1) is 16.8. The number of likely N-dealkylation sites (tertiary alicyclic amines) is 1. The molecule has 5 heteroatoms. The predicted molar refractivity (Wildman–Crippen MR) is 98.4 cm³/mol. The summed E-state index contributed by atoms with van der Waals surface area (Å²) in [5.74, 6) is -0.155. The van der Waals surface area contributed by atoms with E-state index in [0.717, 1.165) is 41.9 Å². The van der Waals surface area contributed by atoms with Crippen LogP contribution in [-0.2, 0) is 6.54 Å². The van der Waals surface area contributed by atoms with Gasteiger partial charge in [-0.15, -0.1) is 0 Å². The van der Waals surface area contributed by atoms with Gasteiger partial charge in [0.25, 0.3) is 5.91 Å². The van der Waals surface area contributed by atoms with E-state index >= 15 is 0 Å². The van der Waals surface area contributed by atoms with Gasteiger partial charge < -0.3 is 10.4 Å². The van der Waals surface area contributed by atoms with Gasteiger partial charge in [-0.1, -0.05) is 30.3 Å². The Morgan fingerprint density at radius 2 is 2.00 bits per heavy atom. The molecule has 0 spiro atoms. The lowest BCUT2D eigenvalue weighted by atomic mass is 9.87. The second-order valence-electron chi connectivity index (χ2n) is 7.25. The Kier molecular flexibility index (Phi) is 4.24. The molecule has 2 unspecified atom stereocenters. The fourth-order valence-corrected chi connectivity index (χ4v) is 4.32. The number of carbonyl (C=O) groups excluding carboxylic acids is 1. The summed E-state index contributed by atoms with van der Waals surface area (Å²) in [5.41, 5.74) is 4.17. The molecule has 26 heavy (non-hydrogen) atoms. The number of hydrogen-bond donors (Lipinski definition) is 2.